The molecule has 1 amide bonds. The molecule has 1 fully saturated rings. The molecular weight excluding hydrogens is 368 g/mol. The van der Waals surface area contributed by atoms with Crippen molar-refractivity contribution in [1.82, 2.24) is 4.31 Å². The molecule has 2 heterocycles. The van der Waals surface area contributed by atoms with Crippen molar-refractivity contribution in [3.63, 3.8) is 0 Å². The van der Waals surface area contributed by atoms with Gasteiger partial charge in [0.15, 0.2) is 0 Å². The van der Waals surface area contributed by atoms with E-state index in [1.807, 2.05) is 24.3 Å². The number of anilines is 1. The van der Waals surface area contributed by atoms with Gasteiger partial charge in [-0.15, -0.1) is 11.3 Å². The van der Waals surface area contributed by atoms with Gasteiger partial charge in [-0.3, -0.25) is 4.79 Å². The molecule has 0 unspecified atom stereocenters. The van der Waals surface area contributed by atoms with E-state index in [4.69, 9.17) is 0 Å². The summed E-state index contributed by atoms with van der Waals surface area (Å²) in [5.74, 6) is 0.250. The van der Waals surface area contributed by atoms with Gasteiger partial charge in [0.2, 0.25) is 5.91 Å². The summed E-state index contributed by atoms with van der Waals surface area (Å²) >= 11 is 1.18. The van der Waals surface area contributed by atoms with Crippen molar-refractivity contribution in [2.75, 3.05) is 18.4 Å². The van der Waals surface area contributed by atoms with E-state index in [9.17, 15) is 13.2 Å². The first-order valence-corrected chi connectivity index (χ1v) is 11.1. The van der Waals surface area contributed by atoms with Crippen LogP contribution in [0.15, 0.2) is 40.6 Å². The highest BCUT2D eigenvalue weighted by Crippen LogP contribution is 2.28. The molecule has 0 bridgehead atoms. The molecule has 1 aliphatic rings. The molecule has 1 saturated heterocycles. The number of nitrogens with one attached hydrogen (secondary N) is 1. The fourth-order valence-electron chi connectivity index (χ4n) is 2.99. The highest BCUT2D eigenvalue weighted by Gasteiger charge is 2.28. The van der Waals surface area contributed by atoms with Crippen molar-refractivity contribution in [2.24, 2.45) is 0 Å². The number of sulfonamides is 1. The van der Waals surface area contributed by atoms with Gasteiger partial charge in [-0.1, -0.05) is 26.0 Å². The summed E-state index contributed by atoms with van der Waals surface area (Å²) in [6, 6.07) is 11.1. The molecule has 1 aromatic carbocycles. The van der Waals surface area contributed by atoms with Crippen LogP contribution < -0.4 is 5.32 Å². The summed E-state index contributed by atoms with van der Waals surface area (Å²) in [5, 5.41) is 2.90. The first-order valence-electron chi connectivity index (χ1n) is 8.85. The van der Waals surface area contributed by atoms with Gasteiger partial charge >= 0.3 is 0 Å². The Morgan fingerprint density at radius 2 is 1.92 bits per heavy atom. The molecule has 5 nitrogen and oxygen atoms in total. The number of hydrogen-bond acceptors (Lipinski definition) is 4. The van der Waals surface area contributed by atoms with E-state index in [0.717, 1.165) is 29.0 Å². The van der Waals surface area contributed by atoms with Crippen LogP contribution in [0.3, 0.4) is 0 Å². The maximum Gasteiger partial charge on any atom is 0.252 e. The van der Waals surface area contributed by atoms with Crippen LogP contribution in [0, 0.1) is 0 Å². The van der Waals surface area contributed by atoms with Gasteiger partial charge in [-0.05, 0) is 48.6 Å². The Labute approximate surface area is 159 Å². The molecule has 1 aromatic heterocycles. The molecule has 3 rings (SSSR count). The molecule has 1 aliphatic heterocycles. The number of amides is 1. The van der Waals surface area contributed by atoms with E-state index in [-0.39, 0.29) is 12.3 Å². The van der Waals surface area contributed by atoms with Gasteiger partial charge in [0.1, 0.15) is 4.21 Å². The topological polar surface area (TPSA) is 66.5 Å². The van der Waals surface area contributed by atoms with Crippen LogP contribution in [0.2, 0.25) is 0 Å². The molecule has 0 spiro atoms. The Bertz CT molecular complexity index is 882. The number of thiophene rings is 1. The van der Waals surface area contributed by atoms with E-state index >= 15 is 0 Å². The number of hydrogen-bond donors (Lipinski definition) is 1. The van der Waals surface area contributed by atoms with Crippen molar-refractivity contribution in [3.8, 4) is 0 Å². The smallest absolute Gasteiger partial charge is 0.252 e. The van der Waals surface area contributed by atoms with Crippen LogP contribution in [0.25, 0.3) is 0 Å². The fraction of sp³-hybridized carbons (Fsp3) is 0.421. The van der Waals surface area contributed by atoms with Crippen molar-refractivity contribution in [2.45, 2.75) is 43.2 Å². The third-order valence-electron chi connectivity index (χ3n) is 4.47. The fourth-order valence-corrected chi connectivity index (χ4v) is 6.01. The monoisotopic (exact) mass is 392 g/mol. The maximum atomic E-state index is 12.6. The average Bonchev–Trinajstić information content (AvgIpc) is 3.27. The van der Waals surface area contributed by atoms with E-state index in [1.165, 1.54) is 15.6 Å². The van der Waals surface area contributed by atoms with Gasteiger partial charge in [0, 0.05) is 23.7 Å². The predicted molar refractivity (Wildman–Crippen MR) is 105 cm³/mol. The molecular formula is C19H24N2O3S2. The summed E-state index contributed by atoms with van der Waals surface area (Å²) in [5.41, 5.74) is 1.93. The van der Waals surface area contributed by atoms with Crippen LogP contribution in [-0.4, -0.2) is 31.7 Å². The van der Waals surface area contributed by atoms with Crippen molar-refractivity contribution >= 4 is 33.0 Å². The third-order valence-corrected chi connectivity index (χ3v) is 7.92. The van der Waals surface area contributed by atoms with Gasteiger partial charge in [0.25, 0.3) is 10.0 Å². The standard InChI is InChI=1S/C19H24N2O3S2/c1-14(2)15-6-5-7-16(12-15)20-18(22)13-17-8-9-19(25-17)26(23,24)21-10-3-4-11-21/h5-9,12,14H,3-4,10-11,13H2,1-2H3,(H,20,22). The zero-order valence-corrected chi connectivity index (χ0v) is 16.7. The van der Waals surface area contributed by atoms with Crippen molar-refractivity contribution < 1.29 is 13.2 Å². The zero-order valence-electron chi connectivity index (χ0n) is 15.1. The first kappa shape index (κ1) is 19.1. The Kier molecular flexibility index (Phi) is 5.79. The minimum absolute atomic E-state index is 0.141. The lowest BCUT2D eigenvalue weighted by Gasteiger charge is -2.13. The van der Waals surface area contributed by atoms with Crippen LogP contribution >= 0.6 is 11.3 Å². The second kappa shape index (κ2) is 7.90. The van der Waals surface area contributed by atoms with Gasteiger partial charge in [0.05, 0.1) is 6.42 Å². The Hall–Kier alpha value is -1.70. The Morgan fingerprint density at radius 1 is 1.19 bits per heavy atom. The zero-order chi connectivity index (χ0) is 18.7. The number of nitrogens with zero attached hydrogens (tertiary/aromatic N) is 1. The van der Waals surface area contributed by atoms with Crippen LogP contribution in [0.5, 0.6) is 0 Å². The minimum Gasteiger partial charge on any atom is -0.326 e. The molecule has 26 heavy (non-hydrogen) atoms. The Balaban J connectivity index is 1.65. The summed E-state index contributed by atoms with van der Waals surface area (Å²) in [6.45, 7) is 5.38. The summed E-state index contributed by atoms with van der Waals surface area (Å²) in [6.07, 6.45) is 2.00. The minimum atomic E-state index is -3.41. The van der Waals surface area contributed by atoms with Crippen LogP contribution in [-0.2, 0) is 21.2 Å². The van der Waals surface area contributed by atoms with E-state index in [2.05, 4.69) is 19.2 Å². The SMILES string of the molecule is CC(C)c1cccc(NC(=O)Cc2ccc(S(=O)(=O)N3CCCC3)s2)c1. The van der Waals surface area contributed by atoms with Crippen LogP contribution in [0.4, 0.5) is 5.69 Å². The highest BCUT2D eigenvalue weighted by atomic mass is 32.2. The molecule has 1 N–H and O–H groups in total. The number of carbonyl (C=O) groups excluding carboxylic acids is 1. The molecule has 0 radical (unpaired) electrons. The van der Waals surface area contributed by atoms with Crippen molar-refractivity contribution in [3.05, 3.63) is 46.8 Å². The second-order valence-electron chi connectivity index (χ2n) is 6.84. The van der Waals surface area contributed by atoms with Gasteiger partial charge in [-0.2, -0.15) is 4.31 Å². The van der Waals surface area contributed by atoms with Crippen LogP contribution in [0.1, 0.15) is 43.0 Å². The third kappa shape index (κ3) is 4.34. The molecule has 0 saturated carbocycles. The van der Waals surface area contributed by atoms with E-state index in [0.29, 0.717) is 23.2 Å². The largest absolute Gasteiger partial charge is 0.326 e. The van der Waals surface area contributed by atoms with E-state index < -0.39 is 10.0 Å². The summed E-state index contributed by atoms with van der Waals surface area (Å²) < 4.78 is 27.0. The molecule has 0 aliphatic carbocycles. The number of carbonyl (C=O) groups is 1. The predicted octanol–water partition coefficient (Wildman–Crippen LogP) is 3.84. The summed E-state index contributed by atoms with van der Waals surface area (Å²) in [4.78, 5) is 13.1. The molecule has 2 aromatic rings. The van der Waals surface area contributed by atoms with Gasteiger partial charge in [-0.25, -0.2) is 8.42 Å². The lowest BCUT2D eigenvalue weighted by molar-refractivity contribution is -0.115. The summed E-state index contributed by atoms with van der Waals surface area (Å²) in [7, 11) is -3.41. The molecule has 140 valence electrons. The second-order valence-corrected chi connectivity index (χ2v) is 10.2. The molecule has 7 heteroatoms. The lowest BCUT2D eigenvalue weighted by Crippen LogP contribution is -2.27. The Morgan fingerprint density at radius 3 is 2.62 bits per heavy atom. The lowest BCUT2D eigenvalue weighted by atomic mass is 10.0. The average molecular weight is 393 g/mol. The first-order chi connectivity index (χ1) is 12.4. The quantitative estimate of drug-likeness (QED) is 0.812. The number of benzene rings is 1. The molecule has 0 atom stereocenters. The normalized spacial score (nSPS) is 15.5. The van der Waals surface area contributed by atoms with E-state index in [1.54, 1.807) is 12.1 Å². The van der Waals surface area contributed by atoms with Crippen molar-refractivity contribution in [1.29, 1.82) is 0 Å². The maximum absolute atomic E-state index is 12.6. The number of rotatable bonds is 6. The van der Waals surface area contributed by atoms with Gasteiger partial charge < -0.3 is 5.32 Å². The highest BCUT2D eigenvalue weighted by molar-refractivity contribution is 7.91.